The van der Waals surface area contributed by atoms with Crippen molar-refractivity contribution in [2.45, 2.75) is 19.5 Å². The molecule has 1 N–H and O–H groups in total. The third-order valence-electron chi connectivity index (χ3n) is 3.46. The normalized spacial score (nSPS) is 14.0. The van der Waals surface area contributed by atoms with Crippen LogP contribution in [0.2, 0.25) is 0 Å². The maximum atomic E-state index is 5.43. The van der Waals surface area contributed by atoms with Gasteiger partial charge in [-0.05, 0) is 36.8 Å². The van der Waals surface area contributed by atoms with Crippen LogP contribution in [0, 0.1) is 0 Å². The van der Waals surface area contributed by atoms with E-state index in [-0.39, 0.29) is 12.8 Å². The maximum Gasteiger partial charge on any atom is 0.231 e. The van der Waals surface area contributed by atoms with E-state index in [1.54, 1.807) is 13.3 Å². The van der Waals surface area contributed by atoms with Crippen molar-refractivity contribution in [3.05, 3.63) is 47.8 Å². The first-order valence-electron chi connectivity index (χ1n) is 6.88. The summed E-state index contributed by atoms with van der Waals surface area (Å²) in [5, 5.41) is 3.44. The van der Waals surface area contributed by atoms with Crippen molar-refractivity contribution in [2.75, 3.05) is 13.9 Å². The number of hydrogen-bond acceptors (Lipinski definition) is 5. The van der Waals surface area contributed by atoms with Gasteiger partial charge in [0.1, 0.15) is 0 Å². The van der Waals surface area contributed by atoms with Gasteiger partial charge in [0.15, 0.2) is 11.5 Å². The van der Waals surface area contributed by atoms with E-state index in [1.165, 1.54) is 0 Å². The number of methoxy groups -OCH3 is 1. The van der Waals surface area contributed by atoms with E-state index in [4.69, 9.17) is 14.2 Å². The summed E-state index contributed by atoms with van der Waals surface area (Å²) < 4.78 is 16.2. The van der Waals surface area contributed by atoms with Gasteiger partial charge in [0, 0.05) is 18.8 Å². The molecule has 0 saturated heterocycles. The summed E-state index contributed by atoms with van der Waals surface area (Å²) in [5.41, 5.74) is 2.10. The topological polar surface area (TPSA) is 52.6 Å². The van der Waals surface area contributed by atoms with Gasteiger partial charge in [0.05, 0.1) is 12.8 Å². The van der Waals surface area contributed by atoms with Crippen LogP contribution in [0.15, 0.2) is 36.5 Å². The number of pyridine rings is 1. The maximum absolute atomic E-state index is 5.43. The number of fused-ring (bicyclic) bond motifs is 1. The van der Waals surface area contributed by atoms with E-state index in [0.29, 0.717) is 18.0 Å². The molecule has 2 aromatic rings. The van der Waals surface area contributed by atoms with E-state index in [2.05, 4.69) is 17.2 Å². The van der Waals surface area contributed by atoms with Gasteiger partial charge in [-0.25, -0.2) is 0 Å². The Morgan fingerprint density at radius 1 is 1.33 bits per heavy atom. The Morgan fingerprint density at radius 2 is 2.24 bits per heavy atom. The molecule has 0 saturated carbocycles. The van der Waals surface area contributed by atoms with Gasteiger partial charge in [-0.1, -0.05) is 6.07 Å². The van der Waals surface area contributed by atoms with E-state index < -0.39 is 0 Å². The summed E-state index contributed by atoms with van der Waals surface area (Å²) in [4.78, 5) is 4.35. The van der Waals surface area contributed by atoms with Crippen LogP contribution in [0.25, 0.3) is 0 Å². The predicted molar refractivity (Wildman–Crippen MR) is 78.6 cm³/mol. The number of ether oxygens (including phenoxy) is 3. The quantitative estimate of drug-likeness (QED) is 0.915. The minimum absolute atomic E-state index is 0.169. The van der Waals surface area contributed by atoms with Crippen LogP contribution in [0.1, 0.15) is 24.2 Å². The molecule has 1 aliphatic rings. The molecule has 2 heterocycles. The number of nitrogens with zero attached hydrogens (tertiary/aromatic N) is 1. The lowest BCUT2D eigenvalue weighted by Crippen LogP contribution is -2.19. The first kappa shape index (κ1) is 13.7. The standard InChI is InChI=1S/C16H18N2O3/c1-11(13-5-3-4-6-17-13)18-9-12-7-14(19-2)16-15(8-12)20-10-21-16/h3-8,11,18H,9-10H2,1-2H3. The van der Waals surface area contributed by atoms with Crippen molar-refractivity contribution in [2.24, 2.45) is 0 Å². The Bertz CT molecular complexity index is 616. The molecule has 0 spiro atoms. The molecule has 0 radical (unpaired) electrons. The van der Waals surface area contributed by atoms with Crippen LogP contribution in [0.4, 0.5) is 0 Å². The van der Waals surface area contributed by atoms with Crippen molar-refractivity contribution in [1.82, 2.24) is 10.3 Å². The number of benzene rings is 1. The van der Waals surface area contributed by atoms with Crippen LogP contribution >= 0.6 is 0 Å². The zero-order chi connectivity index (χ0) is 14.7. The highest BCUT2D eigenvalue weighted by Crippen LogP contribution is 2.41. The predicted octanol–water partition coefficient (Wildman–Crippen LogP) is 2.67. The average Bonchev–Trinajstić information content (AvgIpc) is 3.01. The molecule has 1 aromatic carbocycles. The Labute approximate surface area is 123 Å². The Hall–Kier alpha value is -2.27. The number of nitrogens with one attached hydrogen (secondary N) is 1. The lowest BCUT2D eigenvalue weighted by atomic mass is 10.1. The van der Waals surface area contributed by atoms with Crippen molar-refractivity contribution in [3.63, 3.8) is 0 Å². The summed E-state index contributed by atoms with van der Waals surface area (Å²) in [7, 11) is 1.63. The van der Waals surface area contributed by atoms with Crippen molar-refractivity contribution >= 4 is 0 Å². The van der Waals surface area contributed by atoms with Gasteiger partial charge in [-0.3, -0.25) is 4.98 Å². The van der Waals surface area contributed by atoms with Gasteiger partial charge in [0.25, 0.3) is 0 Å². The van der Waals surface area contributed by atoms with Crippen LogP contribution < -0.4 is 19.5 Å². The lowest BCUT2D eigenvalue weighted by Gasteiger charge is -2.14. The van der Waals surface area contributed by atoms with Crippen LogP contribution in [0.3, 0.4) is 0 Å². The zero-order valence-corrected chi connectivity index (χ0v) is 12.1. The summed E-state index contributed by atoms with van der Waals surface area (Å²) in [5.74, 6) is 2.11. The molecule has 110 valence electrons. The highest BCUT2D eigenvalue weighted by Gasteiger charge is 2.20. The highest BCUT2D eigenvalue weighted by molar-refractivity contribution is 5.55. The first-order valence-corrected chi connectivity index (χ1v) is 6.88. The summed E-state index contributed by atoms with van der Waals surface area (Å²) in [6, 6.07) is 10.0. The fourth-order valence-electron chi connectivity index (χ4n) is 2.29. The van der Waals surface area contributed by atoms with E-state index in [0.717, 1.165) is 17.0 Å². The number of rotatable bonds is 5. The van der Waals surface area contributed by atoms with Gasteiger partial charge in [0.2, 0.25) is 12.5 Å². The SMILES string of the molecule is COc1cc(CNC(C)c2ccccn2)cc2c1OCO2. The minimum atomic E-state index is 0.169. The smallest absolute Gasteiger partial charge is 0.231 e. The van der Waals surface area contributed by atoms with Gasteiger partial charge >= 0.3 is 0 Å². The monoisotopic (exact) mass is 286 g/mol. The fraction of sp³-hybridized carbons (Fsp3) is 0.312. The third kappa shape index (κ3) is 2.92. The summed E-state index contributed by atoms with van der Waals surface area (Å²) >= 11 is 0. The molecular formula is C16H18N2O3. The molecule has 0 aliphatic carbocycles. The largest absolute Gasteiger partial charge is 0.493 e. The van der Waals surface area contributed by atoms with E-state index >= 15 is 0 Å². The molecule has 1 atom stereocenters. The Balaban J connectivity index is 1.71. The third-order valence-corrected chi connectivity index (χ3v) is 3.46. The van der Waals surface area contributed by atoms with Crippen LogP contribution in [0.5, 0.6) is 17.2 Å². The zero-order valence-electron chi connectivity index (χ0n) is 12.1. The van der Waals surface area contributed by atoms with Gasteiger partial charge in [-0.15, -0.1) is 0 Å². The van der Waals surface area contributed by atoms with Crippen LogP contribution in [-0.2, 0) is 6.54 Å². The second kappa shape index (κ2) is 6.01. The van der Waals surface area contributed by atoms with Crippen molar-refractivity contribution in [1.29, 1.82) is 0 Å². The van der Waals surface area contributed by atoms with Crippen LogP contribution in [-0.4, -0.2) is 18.9 Å². The number of aromatic nitrogens is 1. The molecule has 1 unspecified atom stereocenters. The molecule has 0 bridgehead atoms. The van der Waals surface area contributed by atoms with Crippen molar-refractivity contribution < 1.29 is 14.2 Å². The molecule has 5 heteroatoms. The fourth-order valence-corrected chi connectivity index (χ4v) is 2.29. The van der Waals surface area contributed by atoms with Gasteiger partial charge < -0.3 is 19.5 Å². The molecular weight excluding hydrogens is 268 g/mol. The molecule has 21 heavy (non-hydrogen) atoms. The van der Waals surface area contributed by atoms with Crippen molar-refractivity contribution in [3.8, 4) is 17.2 Å². The van der Waals surface area contributed by atoms with Gasteiger partial charge in [-0.2, -0.15) is 0 Å². The van der Waals surface area contributed by atoms with E-state index in [9.17, 15) is 0 Å². The molecule has 0 fully saturated rings. The summed E-state index contributed by atoms with van der Waals surface area (Å²) in [6.07, 6.45) is 1.80. The second-order valence-electron chi connectivity index (χ2n) is 4.89. The lowest BCUT2D eigenvalue weighted by molar-refractivity contribution is 0.171. The highest BCUT2D eigenvalue weighted by atomic mass is 16.7. The Morgan fingerprint density at radius 3 is 3.00 bits per heavy atom. The second-order valence-corrected chi connectivity index (χ2v) is 4.89. The number of hydrogen-bond donors (Lipinski definition) is 1. The molecule has 1 aromatic heterocycles. The molecule has 1 aliphatic heterocycles. The molecule has 5 nitrogen and oxygen atoms in total. The average molecular weight is 286 g/mol. The first-order chi connectivity index (χ1) is 10.3. The van der Waals surface area contributed by atoms with E-state index in [1.807, 2.05) is 30.3 Å². The molecule has 0 amide bonds. The Kier molecular flexibility index (Phi) is 3.92. The summed E-state index contributed by atoms with van der Waals surface area (Å²) in [6.45, 7) is 3.03. The minimum Gasteiger partial charge on any atom is -0.493 e. The molecule has 3 rings (SSSR count).